The molecule has 2 unspecified atom stereocenters. The summed E-state index contributed by atoms with van der Waals surface area (Å²) in [7, 11) is 0. The summed E-state index contributed by atoms with van der Waals surface area (Å²) < 4.78 is 0. The molecule has 2 aliphatic heterocycles. The van der Waals surface area contributed by atoms with Crippen LogP contribution in [0.3, 0.4) is 0 Å². The Bertz CT molecular complexity index is 395. The van der Waals surface area contributed by atoms with Gasteiger partial charge in [-0.15, -0.1) is 0 Å². The van der Waals surface area contributed by atoms with Gasteiger partial charge in [0, 0.05) is 37.8 Å². The fourth-order valence-electron chi connectivity index (χ4n) is 3.92. The average Bonchev–Trinajstić information content (AvgIpc) is 2.73. The molecule has 0 amide bonds. The van der Waals surface area contributed by atoms with Crippen molar-refractivity contribution in [1.82, 2.24) is 10.2 Å². The van der Waals surface area contributed by atoms with E-state index in [0.717, 1.165) is 31.6 Å². The second-order valence-corrected chi connectivity index (χ2v) is 6.23. The maximum atomic E-state index is 9.01. The Morgan fingerprint density at radius 1 is 1.10 bits per heavy atom. The number of aliphatic hydroxyl groups is 1. The van der Waals surface area contributed by atoms with E-state index in [1.807, 2.05) is 0 Å². The molecule has 0 aliphatic carbocycles. The number of benzene rings is 1. The van der Waals surface area contributed by atoms with Crippen LogP contribution in [0.1, 0.15) is 37.7 Å². The first-order valence-corrected chi connectivity index (χ1v) is 8.00. The normalized spacial score (nSPS) is 29.8. The molecule has 1 aromatic rings. The number of piperidine rings is 1. The van der Waals surface area contributed by atoms with Crippen molar-refractivity contribution in [2.24, 2.45) is 0 Å². The van der Waals surface area contributed by atoms with E-state index in [4.69, 9.17) is 5.11 Å². The Balaban J connectivity index is 1.50. The Morgan fingerprint density at radius 3 is 2.45 bits per heavy atom. The summed E-state index contributed by atoms with van der Waals surface area (Å²) in [6.45, 7) is 2.39. The Kier molecular flexibility index (Phi) is 4.71. The number of hydrogen-bond acceptors (Lipinski definition) is 3. The quantitative estimate of drug-likeness (QED) is 0.834. The van der Waals surface area contributed by atoms with Crippen LogP contribution >= 0.6 is 0 Å². The van der Waals surface area contributed by atoms with Crippen LogP contribution in [0.25, 0.3) is 0 Å². The molecule has 2 saturated heterocycles. The van der Waals surface area contributed by atoms with Crippen molar-refractivity contribution in [2.45, 2.75) is 56.8 Å². The maximum absolute atomic E-state index is 9.01. The standard InChI is InChI=1S/C17H26N2O/c20-10-4-9-19-16-7-8-17(19)12-15(11-16)18-13-14-5-2-1-3-6-14/h1-3,5-6,15-18,20H,4,7-13H2. The number of fused-ring (bicyclic) bond motifs is 2. The fourth-order valence-corrected chi connectivity index (χ4v) is 3.92. The van der Waals surface area contributed by atoms with Crippen molar-refractivity contribution in [3.63, 3.8) is 0 Å². The van der Waals surface area contributed by atoms with Gasteiger partial charge >= 0.3 is 0 Å². The predicted octanol–water partition coefficient (Wildman–Crippen LogP) is 2.15. The van der Waals surface area contributed by atoms with Gasteiger partial charge in [-0.25, -0.2) is 0 Å². The minimum atomic E-state index is 0.325. The van der Waals surface area contributed by atoms with Crippen LogP contribution in [0.5, 0.6) is 0 Å². The summed E-state index contributed by atoms with van der Waals surface area (Å²) in [5, 5.41) is 12.8. The molecule has 2 aliphatic rings. The fraction of sp³-hybridized carbons (Fsp3) is 0.647. The van der Waals surface area contributed by atoms with Crippen LogP contribution in [0, 0.1) is 0 Å². The molecule has 2 fully saturated rings. The lowest BCUT2D eigenvalue weighted by atomic mass is 9.97. The van der Waals surface area contributed by atoms with Crippen molar-refractivity contribution in [1.29, 1.82) is 0 Å². The van der Waals surface area contributed by atoms with E-state index >= 15 is 0 Å². The monoisotopic (exact) mass is 274 g/mol. The Hall–Kier alpha value is -0.900. The maximum Gasteiger partial charge on any atom is 0.0443 e. The van der Waals surface area contributed by atoms with Crippen LogP contribution < -0.4 is 5.32 Å². The lowest BCUT2D eigenvalue weighted by Gasteiger charge is -2.39. The van der Waals surface area contributed by atoms with Crippen molar-refractivity contribution < 1.29 is 5.11 Å². The molecule has 110 valence electrons. The number of aliphatic hydroxyl groups excluding tert-OH is 1. The number of hydrogen-bond donors (Lipinski definition) is 2. The van der Waals surface area contributed by atoms with E-state index < -0.39 is 0 Å². The molecule has 1 aromatic carbocycles. The van der Waals surface area contributed by atoms with Gasteiger partial charge in [0.15, 0.2) is 0 Å². The SMILES string of the molecule is OCCCN1C2CCC1CC(NCc1ccccc1)C2. The molecule has 2 N–H and O–H groups in total. The molecule has 2 heterocycles. The summed E-state index contributed by atoms with van der Waals surface area (Å²) in [6.07, 6.45) is 6.16. The molecule has 0 saturated carbocycles. The van der Waals surface area contributed by atoms with E-state index in [0.29, 0.717) is 12.6 Å². The Morgan fingerprint density at radius 2 is 1.80 bits per heavy atom. The van der Waals surface area contributed by atoms with Gasteiger partial charge in [-0.3, -0.25) is 4.90 Å². The van der Waals surface area contributed by atoms with Crippen molar-refractivity contribution >= 4 is 0 Å². The van der Waals surface area contributed by atoms with Gasteiger partial charge in [-0.2, -0.15) is 0 Å². The first-order valence-electron chi connectivity index (χ1n) is 8.00. The van der Waals surface area contributed by atoms with E-state index in [1.54, 1.807) is 0 Å². The molecule has 3 heteroatoms. The second kappa shape index (κ2) is 6.70. The minimum Gasteiger partial charge on any atom is -0.396 e. The van der Waals surface area contributed by atoms with E-state index in [-0.39, 0.29) is 0 Å². The molecule has 0 spiro atoms. The minimum absolute atomic E-state index is 0.325. The molecule has 2 atom stereocenters. The molecular weight excluding hydrogens is 248 g/mol. The number of rotatable bonds is 6. The molecule has 0 radical (unpaired) electrons. The number of nitrogens with zero attached hydrogens (tertiary/aromatic N) is 1. The van der Waals surface area contributed by atoms with Gasteiger partial charge in [0.25, 0.3) is 0 Å². The van der Waals surface area contributed by atoms with Crippen molar-refractivity contribution in [2.75, 3.05) is 13.2 Å². The molecule has 3 nitrogen and oxygen atoms in total. The third kappa shape index (κ3) is 3.22. The smallest absolute Gasteiger partial charge is 0.0443 e. The molecule has 0 aromatic heterocycles. The van der Waals surface area contributed by atoms with Crippen molar-refractivity contribution in [3.8, 4) is 0 Å². The van der Waals surface area contributed by atoms with Crippen LogP contribution in [-0.4, -0.2) is 41.3 Å². The van der Waals surface area contributed by atoms with Gasteiger partial charge < -0.3 is 10.4 Å². The van der Waals surface area contributed by atoms with E-state index in [1.165, 1.54) is 31.2 Å². The van der Waals surface area contributed by atoms with Gasteiger partial charge in [-0.05, 0) is 37.7 Å². The van der Waals surface area contributed by atoms with Gasteiger partial charge in [0.1, 0.15) is 0 Å². The summed E-state index contributed by atoms with van der Waals surface area (Å²) >= 11 is 0. The topological polar surface area (TPSA) is 35.5 Å². The average molecular weight is 274 g/mol. The van der Waals surface area contributed by atoms with Gasteiger partial charge in [-0.1, -0.05) is 30.3 Å². The zero-order chi connectivity index (χ0) is 13.8. The summed E-state index contributed by atoms with van der Waals surface area (Å²) in [5.74, 6) is 0. The number of nitrogens with one attached hydrogen (secondary N) is 1. The van der Waals surface area contributed by atoms with Crippen molar-refractivity contribution in [3.05, 3.63) is 35.9 Å². The third-order valence-corrected chi connectivity index (χ3v) is 4.90. The molecule has 3 rings (SSSR count). The van der Waals surface area contributed by atoms with Crippen LogP contribution in [0.15, 0.2) is 30.3 Å². The first-order chi connectivity index (χ1) is 9.86. The highest BCUT2D eigenvalue weighted by molar-refractivity contribution is 5.14. The molecule has 2 bridgehead atoms. The third-order valence-electron chi connectivity index (χ3n) is 4.90. The van der Waals surface area contributed by atoms with E-state index in [9.17, 15) is 0 Å². The van der Waals surface area contributed by atoms with Crippen LogP contribution in [0.4, 0.5) is 0 Å². The summed E-state index contributed by atoms with van der Waals surface area (Å²) in [5.41, 5.74) is 1.38. The first kappa shape index (κ1) is 14.1. The van der Waals surface area contributed by atoms with E-state index in [2.05, 4.69) is 40.5 Å². The second-order valence-electron chi connectivity index (χ2n) is 6.23. The highest BCUT2D eigenvalue weighted by Crippen LogP contribution is 2.35. The van der Waals surface area contributed by atoms with Gasteiger partial charge in [0.2, 0.25) is 0 Å². The largest absolute Gasteiger partial charge is 0.396 e. The zero-order valence-electron chi connectivity index (χ0n) is 12.2. The highest BCUT2D eigenvalue weighted by Gasteiger charge is 2.39. The zero-order valence-corrected chi connectivity index (χ0v) is 12.2. The summed E-state index contributed by atoms with van der Waals surface area (Å²) in [4.78, 5) is 2.65. The summed E-state index contributed by atoms with van der Waals surface area (Å²) in [6, 6.07) is 12.8. The predicted molar refractivity (Wildman–Crippen MR) is 81.5 cm³/mol. The lowest BCUT2D eigenvalue weighted by Crippen LogP contribution is -2.49. The highest BCUT2D eigenvalue weighted by atomic mass is 16.3. The van der Waals surface area contributed by atoms with Crippen LogP contribution in [0.2, 0.25) is 0 Å². The van der Waals surface area contributed by atoms with Gasteiger partial charge in [0.05, 0.1) is 0 Å². The van der Waals surface area contributed by atoms with Crippen LogP contribution in [-0.2, 0) is 6.54 Å². The lowest BCUT2D eigenvalue weighted by molar-refractivity contribution is 0.107. The Labute approximate surface area is 122 Å². The molecule has 20 heavy (non-hydrogen) atoms. The molecular formula is C17H26N2O.